The Balaban J connectivity index is 1.75. The van der Waals surface area contributed by atoms with E-state index in [1.165, 1.54) is 4.90 Å². The van der Waals surface area contributed by atoms with Gasteiger partial charge in [-0.2, -0.15) is 5.26 Å². The number of aldehydes is 1. The Kier molecular flexibility index (Phi) is 4.89. The lowest BCUT2D eigenvalue weighted by Crippen LogP contribution is -2.49. The number of anilines is 1. The highest BCUT2D eigenvalue weighted by atomic mass is 19.1. The highest BCUT2D eigenvalue weighted by Gasteiger charge is 2.26. The van der Waals surface area contributed by atoms with E-state index in [-0.39, 0.29) is 30.5 Å². The molecule has 1 saturated heterocycles. The molecule has 132 valence electrons. The van der Waals surface area contributed by atoms with Gasteiger partial charge in [-0.05, 0) is 18.2 Å². The van der Waals surface area contributed by atoms with Crippen molar-refractivity contribution >= 4 is 18.0 Å². The quantitative estimate of drug-likeness (QED) is 0.786. The first-order chi connectivity index (χ1) is 12.5. The number of aromatic nitrogens is 1. The van der Waals surface area contributed by atoms with Crippen molar-refractivity contribution in [1.82, 2.24) is 9.88 Å². The van der Waals surface area contributed by atoms with Crippen LogP contribution in [0.3, 0.4) is 0 Å². The molecule has 0 unspecified atom stereocenters. The van der Waals surface area contributed by atoms with Crippen LogP contribution in [0, 0.1) is 23.0 Å². The third kappa shape index (κ3) is 3.24. The van der Waals surface area contributed by atoms with Gasteiger partial charge in [0.1, 0.15) is 23.5 Å². The molecule has 1 aliphatic heterocycles. The molecule has 2 aromatic rings. The predicted molar refractivity (Wildman–Crippen MR) is 88.8 cm³/mol. The second-order valence-electron chi connectivity index (χ2n) is 5.74. The van der Waals surface area contributed by atoms with Crippen molar-refractivity contribution in [2.75, 3.05) is 31.1 Å². The number of amides is 1. The molecule has 0 saturated carbocycles. The van der Waals surface area contributed by atoms with E-state index in [1.807, 2.05) is 4.90 Å². The van der Waals surface area contributed by atoms with Gasteiger partial charge in [-0.3, -0.25) is 9.59 Å². The van der Waals surface area contributed by atoms with Crippen LogP contribution in [0.25, 0.3) is 0 Å². The minimum atomic E-state index is -1.00. The van der Waals surface area contributed by atoms with Crippen LogP contribution in [0.1, 0.15) is 26.3 Å². The molecule has 0 spiro atoms. The zero-order chi connectivity index (χ0) is 18.7. The Morgan fingerprint density at radius 3 is 2.58 bits per heavy atom. The molecule has 0 N–H and O–H groups in total. The molecule has 0 bridgehead atoms. The van der Waals surface area contributed by atoms with Crippen molar-refractivity contribution in [2.45, 2.75) is 0 Å². The number of carbonyl (C=O) groups is 2. The van der Waals surface area contributed by atoms with Gasteiger partial charge in [0.05, 0.1) is 16.7 Å². The van der Waals surface area contributed by atoms with E-state index in [0.29, 0.717) is 30.5 Å². The fraction of sp³-hybridized carbons (Fsp3) is 0.222. The normalized spacial score (nSPS) is 14.0. The molecule has 0 atom stereocenters. The zero-order valence-electron chi connectivity index (χ0n) is 13.7. The van der Waals surface area contributed by atoms with Crippen LogP contribution in [0.4, 0.5) is 14.6 Å². The monoisotopic (exact) mass is 356 g/mol. The summed E-state index contributed by atoms with van der Waals surface area (Å²) in [6.45, 7) is 1.41. The lowest BCUT2D eigenvalue weighted by Gasteiger charge is -2.35. The van der Waals surface area contributed by atoms with Gasteiger partial charge >= 0.3 is 0 Å². The molecule has 0 radical (unpaired) electrons. The van der Waals surface area contributed by atoms with Crippen molar-refractivity contribution in [3.63, 3.8) is 0 Å². The number of benzene rings is 1. The summed E-state index contributed by atoms with van der Waals surface area (Å²) >= 11 is 0. The predicted octanol–water partition coefficient (Wildman–Crippen LogP) is 2.01. The maximum absolute atomic E-state index is 14.0. The molecule has 1 aromatic heterocycles. The molecule has 6 nitrogen and oxygen atoms in total. The SMILES string of the molecule is N#Cc1cccnc1N1CCN(C(=O)c2cc(C=O)c(F)cc2F)CC1. The fourth-order valence-corrected chi connectivity index (χ4v) is 2.85. The highest BCUT2D eigenvalue weighted by molar-refractivity contribution is 5.96. The number of hydrogen-bond acceptors (Lipinski definition) is 5. The smallest absolute Gasteiger partial charge is 0.256 e. The van der Waals surface area contributed by atoms with E-state index < -0.39 is 17.5 Å². The van der Waals surface area contributed by atoms with Crippen LogP contribution in [0.2, 0.25) is 0 Å². The summed E-state index contributed by atoms with van der Waals surface area (Å²) in [5, 5.41) is 9.16. The summed E-state index contributed by atoms with van der Waals surface area (Å²) in [4.78, 5) is 30.9. The van der Waals surface area contributed by atoms with Crippen molar-refractivity contribution in [1.29, 1.82) is 5.26 Å². The fourth-order valence-electron chi connectivity index (χ4n) is 2.85. The van der Waals surface area contributed by atoms with E-state index in [9.17, 15) is 18.4 Å². The Bertz CT molecular complexity index is 903. The largest absolute Gasteiger partial charge is 0.352 e. The van der Waals surface area contributed by atoms with Crippen molar-refractivity contribution in [3.05, 3.63) is 58.8 Å². The summed E-state index contributed by atoms with van der Waals surface area (Å²) in [7, 11) is 0. The Labute approximate surface area is 148 Å². The zero-order valence-corrected chi connectivity index (χ0v) is 13.7. The number of nitriles is 1. The average molecular weight is 356 g/mol. The Hall–Kier alpha value is -3.34. The summed E-state index contributed by atoms with van der Waals surface area (Å²) in [6.07, 6.45) is 1.83. The van der Waals surface area contributed by atoms with E-state index >= 15 is 0 Å². The van der Waals surface area contributed by atoms with Crippen LogP contribution < -0.4 is 4.90 Å². The van der Waals surface area contributed by atoms with Crippen molar-refractivity contribution in [3.8, 4) is 6.07 Å². The van der Waals surface area contributed by atoms with E-state index in [1.54, 1.807) is 18.3 Å². The summed E-state index contributed by atoms with van der Waals surface area (Å²) in [5.74, 6) is -2.07. The maximum atomic E-state index is 14.0. The van der Waals surface area contributed by atoms with Crippen molar-refractivity contribution < 1.29 is 18.4 Å². The van der Waals surface area contributed by atoms with Gasteiger partial charge in [0, 0.05) is 38.4 Å². The second kappa shape index (κ2) is 7.27. The second-order valence-corrected chi connectivity index (χ2v) is 5.74. The number of rotatable bonds is 3. The molecule has 1 aromatic carbocycles. The first-order valence-electron chi connectivity index (χ1n) is 7.88. The molecular formula is C18H14F2N4O2. The number of hydrogen-bond donors (Lipinski definition) is 0. The van der Waals surface area contributed by atoms with E-state index in [0.717, 1.165) is 6.07 Å². The number of carbonyl (C=O) groups excluding carboxylic acids is 2. The molecular weight excluding hydrogens is 342 g/mol. The lowest BCUT2D eigenvalue weighted by atomic mass is 10.1. The molecule has 0 aliphatic carbocycles. The lowest BCUT2D eigenvalue weighted by molar-refractivity contribution is 0.0741. The van der Waals surface area contributed by atoms with Crippen LogP contribution in [-0.2, 0) is 0 Å². The first-order valence-corrected chi connectivity index (χ1v) is 7.88. The molecule has 3 rings (SSSR count). The molecule has 1 aliphatic rings. The van der Waals surface area contributed by atoms with Crippen molar-refractivity contribution in [2.24, 2.45) is 0 Å². The molecule has 2 heterocycles. The van der Waals surface area contributed by atoms with Crippen LogP contribution >= 0.6 is 0 Å². The molecule has 1 fully saturated rings. The number of halogens is 2. The number of pyridine rings is 1. The standard InChI is InChI=1S/C18H14F2N4O2/c19-15-9-16(20)14(8-13(15)11-25)18(26)24-6-4-23(5-7-24)17-12(10-21)2-1-3-22-17/h1-3,8-9,11H,4-7H2. The van der Waals surface area contributed by atoms with E-state index in [4.69, 9.17) is 5.26 Å². The summed E-state index contributed by atoms with van der Waals surface area (Å²) in [6, 6.07) is 6.88. The first kappa shape index (κ1) is 17.5. The van der Waals surface area contributed by atoms with Gasteiger partial charge in [0.15, 0.2) is 6.29 Å². The topological polar surface area (TPSA) is 77.3 Å². The summed E-state index contributed by atoms with van der Waals surface area (Å²) in [5.41, 5.74) is -0.259. The highest BCUT2D eigenvalue weighted by Crippen LogP contribution is 2.20. The number of piperazine rings is 1. The van der Waals surface area contributed by atoms with Gasteiger partial charge in [-0.25, -0.2) is 13.8 Å². The van der Waals surface area contributed by atoms with Crippen LogP contribution in [-0.4, -0.2) is 48.3 Å². The summed E-state index contributed by atoms with van der Waals surface area (Å²) < 4.78 is 27.4. The third-order valence-electron chi connectivity index (χ3n) is 4.22. The van der Waals surface area contributed by atoms with Gasteiger partial charge in [-0.1, -0.05) is 0 Å². The van der Waals surface area contributed by atoms with Gasteiger partial charge in [-0.15, -0.1) is 0 Å². The Morgan fingerprint density at radius 2 is 1.92 bits per heavy atom. The van der Waals surface area contributed by atoms with Gasteiger partial charge in [0.2, 0.25) is 0 Å². The van der Waals surface area contributed by atoms with Crippen LogP contribution in [0.15, 0.2) is 30.5 Å². The maximum Gasteiger partial charge on any atom is 0.256 e. The van der Waals surface area contributed by atoms with Crippen LogP contribution in [0.5, 0.6) is 0 Å². The van der Waals surface area contributed by atoms with Gasteiger partial charge < -0.3 is 9.80 Å². The number of nitrogens with zero attached hydrogens (tertiary/aromatic N) is 4. The third-order valence-corrected chi connectivity index (χ3v) is 4.22. The Morgan fingerprint density at radius 1 is 1.19 bits per heavy atom. The minimum Gasteiger partial charge on any atom is -0.352 e. The molecule has 8 heteroatoms. The average Bonchev–Trinajstić information content (AvgIpc) is 2.68. The van der Waals surface area contributed by atoms with Gasteiger partial charge in [0.25, 0.3) is 5.91 Å². The molecule has 1 amide bonds. The van der Waals surface area contributed by atoms with E-state index in [2.05, 4.69) is 11.1 Å². The molecule has 26 heavy (non-hydrogen) atoms. The minimum absolute atomic E-state index is 0.244.